The van der Waals surface area contributed by atoms with Gasteiger partial charge in [-0.1, -0.05) is 23.7 Å². The van der Waals surface area contributed by atoms with Gasteiger partial charge < -0.3 is 14.2 Å². The Hall–Kier alpha value is -2.06. The first-order chi connectivity index (χ1) is 12.0. The van der Waals surface area contributed by atoms with Crippen LogP contribution in [0, 0.1) is 3.57 Å². The van der Waals surface area contributed by atoms with Crippen LogP contribution >= 0.6 is 34.2 Å². The topological polar surface area (TPSA) is 57.1 Å². The van der Waals surface area contributed by atoms with Gasteiger partial charge in [0.2, 0.25) is 5.90 Å². The number of ether oxygens (including phenoxy) is 3. The molecule has 0 N–H and O–H groups in total. The van der Waals surface area contributed by atoms with Crippen molar-refractivity contribution in [2.75, 3.05) is 14.2 Å². The summed E-state index contributed by atoms with van der Waals surface area (Å²) in [4.78, 5) is 16.4. The van der Waals surface area contributed by atoms with Gasteiger partial charge in [0.05, 0.1) is 28.4 Å². The lowest BCUT2D eigenvalue weighted by molar-refractivity contribution is -0.129. The minimum Gasteiger partial charge on any atom is -0.493 e. The molecule has 3 rings (SSSR count). The Morgan fingerprint density at radius 1 is 1.20 bits per heavy atom. The number of hydrogen-bond acceptors (Lipinski definition) is 5. The maximum Gasteiger partial charge on any atom is 0.363 e. The molecule has 0 spiro atoms. The second kappa shape index (κ2) is 7.45. The van der Waals surface area contributed by atoms with Crippen LogP contribution in [0.4, 0.5) is 0 Å². The van der Waals surface area contributed by atoms with E-state index in [4.69, 9.17) is 25.8 Å². The molecule has 0 aliphatic carbocycles. The van der Waals surface area contributed by atoms with Crippen LogP contribution in [0.15, 0.2) is 47.1 Å². The fourth-order valence-corrected chi connectivity index (χ4v) is 3.40. The van der Waals surface area contributed by atoms with Gasteiger partial charge >= 0.3 is 5.97 Å². The fraction of sp³-hybridized carbons (Fsp3) is 0.111. The highest BCUT2D eigenvalue weighted by Crippen LogP contribution is 2.34. The molecule has 128 valence electrons. The van der Waals surface area contributed by atoms with Gasteiger partial charge in [-0.3, -0.25) is 0 Å². The molecule has 0 unspecified atom stereocenters. The SMILES string of the molecule is COc1cc(/C=C2\N=C(c3ccccc3Cl)OC2=O)cc(I)c1OC. The molecular weight excluding hydrogens is 457 g/mol. The maximum atomic E-state index is 12.1. The number of cyclic esters (lactones) is 1. The smallest absolute Gasteiger partial charge is 0.363 e. The molecule has 0 atom stereocenters. The van der Waals surface area contributed by atoms with Crippen LogP contribution in [0.5, 0.6) is 11.5 Å². The Balaban J connectivity index is 2.00. The van der Waals surface area contributed by atoms with Crippen molar-refractivity contribution in [2.24, 2.45) is 4.99 Å². The van der Waals surface area contributed by atoms with E-state index in [0.29, 0.717) is 22.1 Å². The number of methoxy groups -OCH3 is 2. The summed E-state index contributed by atoms with van der Waals surface area (Å²) in [6, 6.07) is 10.7. The van der Waals surface area contributed by atoms with Gasteiger partial charge in [0, 0.05) is 0 Å². The standard InChI is InChI=1S/C18H13ClINO4/c1-23-15-9-10(7-13(20)16(15)24-2)8-14-18(22)25-17(21-14)11-5-3-4-6-12(11)19/h3-9H,1-2H3/b14-8-. The Kier molecular flexibility index (Phi) is 5.29. The lowest BCUT2D eigenvalue weighted by Gasteiger charge is -2.10. The summed E-state index contributed by atoms with van der Waals surface area (Å²) in [5, 5.41) is 0.468. The van der Waals surface area contributed by atoms with Crippen molar-refractivity contribution in [3.8, 4) is 11.5 Å². The number of benzene rings is 2. The largest absolute Gasteiger partial charge is 0.493 e. The zero-order chi connectivity index (χ0) is 18.0. The van der Waals surface area contributed by atoms with Crippen LogP contribution in [0.1, 0.15) is 11.1 Å². The number of aliphatic imine (C=N–C) groups is 1. The van der Waals surface area contributed by atoms with E-state index in [1.165, 1.54) is 0 Å². The highest BCUT2D eigenvalue weighted by atomic mass is 127. The molecule has 0 saturated heterocycles. The van der Waals surface area contributed by atoms with Crippen molar-refractivity contribution in [3.05, 3.63) is 61.8 Å². The molecular formula is C18H13ClINO4. The van der Waals surface area contributed by atoms with Crippen molar-refractivity contribution >= 4 is 52.1 Å². The van der Waals surface area contributed by atoms with Crippen LogP contribution in [0.25, 0.3) is 6.08 Å². The third kappa shape index (κ3) is 3.64. The monoisotopic (exact) mass is 469 g/mol. The first-order valence-electron chi connectivity index (χ1n) is 7.22. The van der Waals surface area contributed by atoms with Crippen molar-refractivity contribution in [3.63, 3.8) is 0 Å². The van der Waals surface area contributed by atoms with Gasteiger partial charge in [-0.25, -0.2) is 9.79 Å². The average Bonchev–Trinajstić information content (AvgIpc) is 2.95. The third-order valence-corrected chi connectivity index (χ3v) is 4.61. The van der Waals surface area contributed by atoms with E-state index in [2.05, 4.69) is 27.6 Å². The molecule has 1 aliphatic rings. The van der Waals surface area contributed by atoms with Crippen molar-refractivity contribution in [2.45, 2.75) is 0 Å². The molecule has 0 bridgehead atoms. The lowest BCUT2D eigenvalue weighted by atomic mass is 10.1. The highest BCUT2D eigenvalue weighted by molar-refractivity contribution is 14.1. The predicted octanol–water partition coefficient (Wildman–Crippen LogP) is 4.31. The van der Waals surface area contributed by atoms with Gasteiger partial charge in [0.15, 0.2) is 17.2 Å². The Bertz CT molecular complexity index is 908. The van der Waals surface area contributed by atoms with Crippen LogP contribution in [-0.4, -0.2) is 26.1 Å². The Labute approximate surface area is 163 Å². The van der Waals surface area contributed by atoms with Crippen LogP contribution in [0.2, 0.25) is 5.02 Å². The summed E-state index contributed by atoms with van der Waals surface area (Å²) in [5.74, 6) is 0.874. The number of rotatable bonds is 4. The maximum absolute atomic E-state index is 12.1. The number of hydrogen-bond donors (Lipinski definition) is 0. The van der Waals surface area contributed by atoms with Gasteiger partial charge in [-0.2, -0.15) is 0 Å². The Morgan fingerprint density at radius 3 is 2.64 bits per heavy atom. The van der Waals surface area contributed by atoms with E-state index in [1.807, 2.05) is 6.07 Å². The summed E-state index contributed by atoms with van der Waals surface area (Å²) < 4.78 is 16.7. The minimum absolute atomic E-state index is 0.192. The zero-order valence-corrected chi connectivity index (χ0v) is 16.3. The zero-order valence-electron chi connectivity index (χ0n) is 13.4. The number of nitrogens with zero attached hydrogens (tertiary/aromatic N) is 1. The number of esters is 1. The average molecular weight is 470 g/mol. The summed E-state index contributed by atoms with van der Waals surface area (Å²) >= 11 is 8.27. The van der Waals surface area contributed by atoms with E-state index >= 15 is 0 Å². The number of carbonyl (C=O) groups is 1. The molecule has 2 aromatic carbocycles. The van der Waals surface area contributed by atoms with Gasteiger partial charge in [-0.15, -0.1) is 0 Å². The molecule has 7 heteroatoms. The normalized spacial score (nSPS) is 15.1. The summed E-state index contributed by atoms with van der Waals surface area (Å²) in [6.07, 6.45) is 1.64. The fourth-order valence-electron chi connectivity index (χ4n) is 2.34. The quantitative estimate of drug-likeness (QED) is 0.380. The molecule has 5 nitrogen and oxygen atoms in total. The molecule has 0 aromatic heterocycles. The summed E-state index contributed by atoms with van der Waals surface area (Å²) in [7, 11) is 3.13. The van der Waals surface area contributed by atoms with E-state index in [-0.39, 0.29) is 11.6 Å². The predicted molar refractivity (Wildman–Crippen MR) is 104 cm³/mol. The second-order valence-electron chi connectivity index (χ2n) is 5.05. The molecule has 2 aromatic rings. The summed E-state index contributed by atoms with van der Waals surface area (Å²) in [6.45, 7) is 0. The molecule has 0 amide bonds. The van der Waals surface area contributed by atoms with E-state index < -0.39 is 5.97 Å². The third-order valence-electron chi connectivity index (χ3n) is 3.48. The van der Waals surface area contributed by atoms with Crippen molar-refractivity contribution in [1.29, 1.82) is 0 Å². The Morgan fingerprint density at radius 2 is 1.96 bits per heavy atom. The van der Waals surface area contributed by atoms with Gasteiger partial charge in [0.25, 0.3) is 0 Å². The highest BCUT2D eigenvalue weighted by Gasteiger charge is 2.25. The van der Waals surface area contributed by atoms with Gasteiger partial charge in [-0.05, 0) is 58.5 Å². The number of halogens is 2. The van der Waals surface area contributed by atoms with Crippen LogP contribution < -0.4 is 9.47 Å². The van der Waals surface area contributed by atoms with Crippen molar-refractivity contribution < 1.29 is 19.0 Å². The van der Waals surface area contributed by atoms with E-state index in [1.54, 1.807) is 50.6 Å². The van der Waals surface area contributed by atoms with Gasteiger partial charge in [0.1, 0.15) is 0 Å². The number of carbonyl (C=O) groups excluding carboxylic acids is 1. The van der Waals surface area contributed by atoms with Crippen molar-refractivity contribution in [1.82, 2.24) is 0 Å². The molecule has 0 saturated carbocycles. The second-order valence-corrected chi connectivity index (χ2v) is 6.62. The lowest BCUT2D eigenvalue weighted by Crippen LogP contribution is -2.05. The first-order valence-corrected chi connectivity index (χ1v) is 8.68. The van der Waals surface area contributed by atoms with E-state index in [9.17, 15) is 4.79 Å². The van der Waals surface area contributed by atoms with E-state index in [0.717, 1.165) is 9.13 Å². The molecule has 25 heavy (non-hydrogen) atoms. The van der Waals surface area contributed by atoms with Crippen LogP contribution in [0.3, 0.4) is 0 Å². The molecule has 1 heterocycles. The first kappa shape index (κ1) is 17.8. The molecule has 0 fully saturated rings. The molecule has 1 aliphatic heterocycles. The molecule has 0 radical (unpaired) electrons. The van der Waals surface area contributed by atoms with Crippen LogP contribution in [-0.2, 0) is 9.53 Å². The summed E-state index contributed by atoms with van der Waals surface area (Å²) in [5.41, 5.74) is 1.51. The minimum atomic E-state index is -0.528.